The number of rotatable bonds is 5. The monoisotopic (exact) mass is 291 g/mol. The van der Waals surface area contributed by atoms with Crippen LogP contribution in [0.2, 0.25) is 0 Å². The number of aromatic nitrogens is 1. The first-order chi connectivity index (χ1) is 10.1. The van der Waals surface area contributed by atoms with E-state index in [-0.39, 0.29) is 11.8 Å². The van der Waals surface area contributed by atoms with Crippen LogP contribution in [0.3, 0.4) is 0 Å². The molecule has 2 rings (SSSR count). The largest absolute Gasteiger partial charge is 0.387 e. The molecule has 2 aromatic rings. The van der Waals surface area contributed by atoms with Crippen molar-refractivity contribution in [1.82, 2.24) is 9.88 Å². The second-order valence-corrected chi connectivity index (χ2v) is 4.74. The van der Waals surface area contributed by atoms with Crippen molar-refractivity contribution in [3.05, 3.63) is 54.1 Å². The van der Waals surface area contributed by atoms with Crippen LogP contribution in [0.15, 0.2) is 42.6 Å². The molecule has 0 spiro atoms. The number of hydrogen-bond donors (Lipinski definition) is 3. The second kappa shape index (κ2) is 6.90. The summed E-state index contributed by atoms with van der Waals surface area (Å²) in [6, 6.07) is 8.81. The molecule has 21 heavy (non-hydrogen) atoms. The Labute approximate surface area is 122 Å². The van der Waals surface area contributed by atoms with Gasteiger partial charge in [-0.3, -0.25) is 0 Å². The van der Waals surface area contributed by atoms with E-state index in [1.165, 1.54) is 24.3 Å². The average Bonchev–Trinajstić information content (AvgIpc) is 2.87. The lowest BCUT2D eigenvalue weighted by molar-refractivity contribution is 0.159. The highest BCUT2D eigenvalue weighted by Crippen LogP contribution is 2.15. The van der Waals surface area contributed by atoms with Gasteiger partial charge in [0.2, 0.25) is 0 Å². The number of halogens is 1. The third kappa shape index (κ3) is 4.32. The number of benzene rings is 1. The van der Waals surface area contributed by atoms with Crippen LogP contribution in [0.25, 0.3) is 0 Å². The maximum atomic E-state index is 12.7. The number of aryl methyl sites for hydroxylation is 1. The third-order valence-corrected chi connectivity index (χ3v) is 3.13. The van der Waals surface area contributed by atoms with Gasteiger partial charge in [0.15, 0.2) is 0 Å². The van der Waals surface area contributed by atoms with E-state index in [0.717, 1.165) is 5.69 Å². The second-order valence-electron chi connectivity index (χ2n) is 4.74. The highest BCUT2D eigenvalue weighted by molar-refractivity contribution is 5.89. The highest BCUT2D eigenvalue weighted by atomic mass is 19.1. The molecule has 1 unspecified atom stereocenters. The summed E-state index contributed by atoms with van der Waals surface area (Å²) in [6.07, 6.45) is 1.64. The van der Waals surface area contributed by atoms with Gasteiger partial charge in [0.25, 0.3) is 0 Å². The molecular weight excluding hydrogens is 273 g/mol. The molecule has 6 heteroatoms. The summed E-state index contributed by atoms with van der Waals surface area (Å²) >= 11 is 0. The van der Waals surface area contributed by atoms with E-state index in [4.69, 9.17) is 0 Å². The molecule has 0 bridgehead atoms. The van der Waals surface area contributed by atoms with Gasteiger partial charge in [0, 0.05) is 31.2 Å². The van der Waals surface area contributed by atoms with Crippen LogP contribution in [0, 0.1) is 5.82 Å². The van der Waals surface area contributed by atoms with Gasteiger partial charge in [-0.05, 0) is 42.8 Å². The first-order valence-electron chi connectivity index (χ1n) is 6.66. The number of carbonyl (C=O) groups is 1. The standard InChI is InChI=1S/C15H18FN3O2/c1-19-10-2-3-13(19)14(20)8-9-17-15(21)18-12-6-4-11(16)5-7-12/h2-7,10,14,20H,8-9H2,1H3,(H2,17,18,21). The third-order valence-electron chi connectivity index (χ3n) is 3.13. The molecule has 0 fully saturated rings. The fourth-order valence-corrected chi connectivity index (χ4v) is 2.00. The molecule has 0 radical (unpaired) electrons. The van der Waals surface area contributed by atoms with E-state index in [1.807, 2.05) is 29.9 Å². The van der Waals surface area contributed by atoms with E-state index in [0.29, 0.717) is 18.7 Å². The van der Waals surface area contributed by atoms with Crippen LogP contribution in [-0.4, -0.2) is 22.2 Å². The van der Waals surface area contributed by atoms with E-state index in [9.17, 15) is 14.3 Å². The minimum Gasteiger partial charge on any atom is -0.387 e. The van der Waals surface area contributed by atoms with Crippen LogP contribution < -0.4 is 10.6 Å². The molecule has 112 valence electrons. The highest BCUT2D eigenvalue weighted by Gasteiger charge is 2.10. The van der Waals surface area contributed by atoms with Crippen LogP contribution in [-0.2, 0) is 7.05 Å². The normalized spacial score (nSPS) is 12.0. The number of hydrogen-bond acceptors (Lipinski definition) is 2. The fraction of sp³-hybridized carbons (Fsp3) is 0.267. The van der Waals surface area contributed by atoms with Crippen molar-refractivity contribution in [3.8, 4) is 0 Å². The van der Waals surface area contributed by atoms with Crippen molar-refractivity contribution in [1.29, 1.82) is 0 Å². The Morgan fingerprint density at radius 2 is 2.05 bits per heavy atom. The summed E-state index contributed by atoms with van der Waals surface area (Å²) in [6.45, 7) is 0.333. The minimum absolute atomic E-state index is 0.333. The summed E-state index contributed by atoms with van der Waals surface area (Å²) in [5.74, 6) is -0.355. The van der Waals surface area contributed by atoms with Crippen molar-refractivity contribution in [2.75, 3.05) is 11.9 Å². The molecule has 2 amide bonds. The van der Waals surface area contributed by atoms with Crippen LogP contribution in [0.1, 0.15) is 18.2 Å². The van der Waals surface area contributed by atoms with E-state index in [2.05, 4.69) is 10.6 Å². The molecule has 5 nitrogen and oxygen atoms in total. The molecule has 0 aliphatic heterocycles. The lowest BCUT2D eigenvalue weighted by Gasteiger charge is -2.13. The van der Waals surface area contributed by atoms with Crippen molar-refractivity contribution >= 4 is 11.7 Å². The van der Waals surface area contributed by atoms with Gasteiger partial charge in [-0.15, -0.1) is 0 Å². The number of urea groups is 1. The summed E-state index contributed by atoms with van der Waals surface area (Å²) in [5.41, 5.74) is 1.31. The molecule has 3 N–H and O–H groups in total. The van der Waals surface area contributed by atoms with Gasteiger partial charge in [0.1, 0.15) is 5.82 Å². The van der Waals surface area contributed by atoms with Gasteiger partial charge in [-0.25, -0.2) is 9.18 Å². The molecule has 0 aliphatic carbocycles. The molecule has 1 aromatic heterocycles. The number of nitrogens with one attached hydrogen (secondary N) is 2. The zero-order valence-corrected chi connectivity index (χ0v) is 11.7. The number of aliphatic hydroxyl groups excluding tert-OH is 1. The fourth-order valence-electron chi connectivity index (χ4n) is 2.00. The predicted molar refractivity (Wildman–Crippen MR) is 78.4 cm³/mol. The summed E-state index contributed by atoms with van der Waals surface area (Å²) < 4.78 is 14.6. The van der Waals surface area contributed by atoms with Gasteiger partial charge in [-0.1, -0.05) is 0 Å². The zero-order valence-electron chi connectivity index (χ0n) is 11.7. The smallest absolute Gasteiger partial charge is 0.319 e. The Balaban J connectivity index is 1.74. The van der Waals surface area contributed by atoms with Gasteiger partial charge in [0.05, 0.1) is 6.10 Å². The molecule has 1 atom stereocenters. The first-order valence-corrected chi connectivity index (χ1v) is 6.66. The van der Waals surface area contributed by atoms with Gasteiger partial charge >= 0.3 is 6.03 Å². The van der Waals surface area contributed by atoms with Crippen LogP contribution in [0.5, 0.6) is 0 Å². The van der Waals surface area contributed by atoms with E-state index in [1.54, 1.807) is 0 Å². The minimum atomic E-state index is -0.629. The maximum Gasteiger partial charge on any atom is 0.319 e. The number of anilines is 1. The first kappa shape index (κ1) is 15.1. The van der Waals surface area contributed by atoms with Crippen molar-refractivity contribution in [2.24, 2.45) is 7.05 Å². The molecule has 1 aromatic carbocycles. The Kier molecular flexibility index (Phi) is 4.94. The topological polar surface area (TPSA) is 66.3 Å². The van der Waals surface area contributed by atoms with Crippen LogP contribution in [0.4, 0.5) is 14.9 Å². The predicted octanol–water partition coefficient (Wildman–Crippen LogP) is 2.41. The molecular formula is C15H18FN3O2. The summed E-state index contributed by atoms with van der Waals surface area (Å²) in [5, 5.41) is 15.2. The summed E-state index contributed by atoms with van der Waals surface area (Å²) in [7, 11) is 1.85. The Bertz CT molecular complexity index is 595. The van der Waals surface area contributed by atoms with Gasteiger partial charge in [-0.2, -0.15) is 0 Å². The molecule has 0 saturated heterocycles. The Morgan fingerprint density at radius 1 is 1.33 bits per heavy atom. The number of aliphatic hydroxyl groups is 1. The van der Waals surface area contributed by atoms with E-state index < -0.39 is 6.10 Å². The molecule has 0 saturated carbocycles. The SMILES string of the molecule is Cn1cccc1C(O)CCNC(=O)Nc1ccc(F)cc1. The average molecular weight is 291 g/mol. The van der Waals surface area contributed by atoms with E-state index >= 15 is 0 Å². The molecule has 1 heterocycles. The van der Waals surface area contributed by atoms with Crippen LogP contribution >= 0.6 is 0 Å². The summed E-state index contributed by atoms with van der Waals surface area (Å²) in [4.78, 5) is 11.6. The van der Waals surface area contributed by atoms with Crippen molar-refractivity contribution in [2.45, 2.75) is 12.5 Å². The lowest BCUT2D eigenvalue weighted by Crippen LogP contribution is -2.30. The Morgan fingerprint density at radius 3 is 2.67 bits per heavy atom. The number of carbonyl (C=O) groups excluding carboxylic acids is 1. The Hall–Kier alpha value is -2.34. The quantitative estimate of drug-likeness (QED) is 0.792. The number of amides is 2. The lowest BCUT2D eigenvalue weighted by atomic mass is 10.2. The maximum absolute atomic E-state index is 12.7. The van der Waals surface area contributed by atoms with Gasteiger partial charge < -0.3 is 20.3 Å². The number of nitrogens with zero attached hydrogens (tertiary/aromatic N) is 1. The molecule has 0 aliphatic rings. The van der Waals surface area contributed by atoms with Crippen molar-refractivity contribution < 1.29 is 14.3 Å². The van der Waals surface area contributed by atoms with Crippen molar-refractivity contribution in [3.63, 3.8) is 0 Å². The zero-order chi connectivity index (χ0) is 15.2.